The fourth-order valence-electron chi connectivity index (χ4n) is 1.67. The quantitative estimate of drug-likeness (QED) is 0.673. The zero-order valence-electron chi connectivity index (χ0n) is 10.9. The molecule has 0 fully saturated rings. The Bertz CT molecular complexity index is 596. The Morgan fingerprint density at radius 2 is 2.05 bits per heavy atom. The number of hydrogen-bond acceptors (Lipinski definition) is 3. The third kappa shape index (κ3) is 3.73. The van der Waals surface area contributed by atoms with Gasteiger partial charge in [0.2, 0.25) is 0 Å². The van der Waals surface area contributed by atoms with Gasteiger partial charge in [0.05, 0.1) is 24.0 Å². The average Bonchev–Trinajstić information content (AvgIpc) is 2.39. The van der Waals surface area contributed by atoms with Crippen LogP contribution in [0, 0.1) is 6.92 Å². The summed E-state index contributed by atoms with van der Waals surface area (Å²) in [4.78, 5) is 0. The van der Waals surface area contributed by atoms with Crippen LogP contribution < -0.4 is 10.2 Å². The van der Waals surface area contributed by atoms with Crippen LogP contribution in [-0.2, 0) is 0 Å². The molecule has 2 aromatic carbocycles. The minimum atomic E-state index is 0.554. The molecule has 0 aromatic heterocycles. The van der Waals surface area contributed by atoms with Crippen LogP contribution >= 0.6 is 11.6 Å². The van der Waals surface area contributed by atoms with E-state index in [9.17, 15) is 0 Å². The first-order valence-electron chi connectivity index (χ1n) is 5.88. The minimum Gasteiger partial charge on any atom is -0.495 e. The molecule has 1 N–H and O–H groups in total. The molecule has 19 heavy (non-hydrogen) atoms. The molecule has 4 heteroatoms. The number of aryl methyl sites for hydroxylation is 1. The zero-order chi connectivity index (χ0) is 13.7. The van der Waals surface area contributed by atoms with Crippen LogP contribution in [0.2, 0.25) is 5.02 Å². The Balaban J connectivity index is 2.04. The molecule has 0 amide bonds. The first kappa shape index (κ1) is 13.4. The zero-order valence-corrected chi connectivity index (χ0v) is 11.6. The topological polar surface area (TPSA) is 33.6 Å². The van der Waals surface area contributed by atoms with Crippen molar-refractivity contribution in [2.45, 2.75) is 6.92 Å². The third-order valence-corrected chi connectivity index (χ3v) is 2.90. The Morgan fingerprint density at radius 3 is 2.74 bits per heavy atom. The van der Waals surface area contributed by atoms with Gasteiger partial charge in [-0.05, 0) is 30.7 Å². The summed E-state index contributed by atoms with van der Waals surface area (Å²) in [5.41, 5.74) is 6.00. The monoisotopic (exact) mass is 274 g/mol. The van der Waals surface area contributed by atoms with Crippen LogP contribution in [0.25, 0.3) is 0 Å². The van der Waals surface area contributed by atoms with Crippen LogP contribution in [0.3, 0.4) is 0 Å². The summed E-state index contributed by atoms with van der Waals surface area (Å²) in [6, 6.07) is 13.5. The molecule has 0 aliphatic rings. The summed E-state index contributed by atoms with van der Waals surface area (Å²) in [7, 11) is 1.59. The maximum Gasteiger partial charge on any atom is 0.137 e. The molecule has 0 radical (unpaired) electrons. The highest BCUT2D eigenvalue weighted by Gasteiger charge is 2.00. The number of ether oxygens (including phenoxy) is 1. The number of methoxy groups -OCH3 is 1. The number of nitrogens with one attached hydrogen (secondary N) is 1. The normalized spacial score (nSPS) is 10.7. The number of nitrogens with zero attached hydrogens (tertiary/aromatic N) is 1. The van der Waals surface area contributed by atoms with Crippen molar-refractivity contribution in [3.63, 3.8) is 0 Å². The van der Waals surface area contributed by atoms with Crippen LogP contribution in [-0.4, -0.2) is 13.3 Å². The summed E-state index contributed by atoms with van der Waals surface area (Å²) in [6.07, 6.45) is 1.77. The fraction of sp³-hybridized carbons (Fsp3) is 0.133. The highest BCUT2D eigenvalue weighted by Crippen LogP contribution is 2.27. The fourth-order valence-corrected chi connectivity index (χ4v) is 1.93. The van der Waals surface area contributed by atoms with E-state index in [0.717, 1.165) is 11.3 Å². The molecule has 0 atom stereocenters. The van der Waals surface area contributed by atoms with Gasteiger partial charge in [-0.1, -0.05) is 41.4 Å². The molecule has 2 rings (SSSR count). The SMILES string of the molecule is COc1ccc(N/N=C/c2cccc(C)c2)cc1Cl. The molecule has 2 aromatic rings. The highest BCUT2D eigenvalue weighted by atomic mass is 35.5. The molecule has 98 valence electrons. The smallest absolute Gasteiger partial charge is 0.137 e. The molecule has 0 unspecified atom stereocenters. The van der Waals surface area contributed by atoms with Crippen molar-refractivity contribution < 1.29 is 4.74 Å². The largest absolute Gasteiger partial charge is 0.495 e. The van der Waals surface area contributed by atoms with Crippen LogP contribution in [0.5, 0.6) is 5.75 Å². The summed E-state index contributed by atoms with van der Waals surface area (Å²) < 4.78 is 5.09. The van der Waals surface area contributed by atoms with Crippen LogP contribution in [0.15, 0.2) is 47.6 Å². The van der Waals surface area contributed by atoms with E-state index in [2.05, 4.69) is 16.6 Å². The van der Waals surface area contributed by atoms with Gasteiger partial charge in [0.15, 0.2) is 0 Å². The Hall–Kier alpha value is -2.00. The first-order chi connectivity index (χ1) is 9.19. The second-order valence-corrected chi connectivity index (χ2v) is 4.54. The molecule has 0 saturated carbocycles. The maximum absolute atomic E-state index is 6.03. The highest BCUT2D eigenvalue weighted by molar-refractivity contribution is 6.32. The molecule has 3 nitrogen and oxygen atoms in total. The van der Waals surface area contributed by atoms with Gasteiger partial charge in [-0.15, -0.1) is 0 Å². The van der Waals surface area contributed by atoms with Gasteiger partial charge in [-0.2, -0.15) is 5.10 Å². The summed E-state index contributed by atoms with van der Waals surface area (Å²) in [5.74, 6) is 0.648. The van der Waals surface area contributed by atoms with Crippen LogP contribution in [0.4, 0.5) is 5.69 Å². The van der Waals surface area contributed by atoms with Crippen molar-refractivity contribution in [3.8, 4) is 5.75 Å². The average molecular weight is 275 g/mol. The molecule has 0 bridgehead atoms. The lowest BCUT2D eigenvalue weighted by Crippen LogP contribution is -1.92. The first-order valence-corrected chi connectivity index (χ1v) is 6.26. The minimum absolute atomic E-state index is 0.554. The van der Waals surface area contributed by atoms with Gasteiger partial charge in [0.1, 0.15) is 5.75 Å². The van der Waals surface area contributed by atoms with E-state index in [0.29, 0.717) is 10.8 Å². The standard InChI is InChI=1S/C15H15ClN2O/c1-11-4-3-5-12(8-11)10-17-18-13-6-7-15(19-2)14(16)9-13/h3-10,18H,1-2H3/b17-10+. The molecule has 0 heterocycles. The summed E-state index contributed by atoms with van der Waals surface area (Å²) in [5, 5.41) is 4.73. The Kier molecular flexibility index (Phi) is 4.42. The van der Waals surface area contributed by atoms with E-state index < -0.39 is 0 Å². The molecule has 0 aliphatic carbocycles. The molecule has 0 spiro atoms. The Labute approximate surface area is 117 Å². The van der Waals surface area contributed by atoms with Crippen molar-refractivity contribution in [1.82, 2.24) is 0 Å². The summed E-state index contributed by atoms with van der Waals surface area (Å²) in [6.45, 7) is 2.05. The van der Waals surface area contributed by atoms with Crippen molar-refractivity contribution in [2.75, 3.05) is 12.5 Å². The number of rotatable bonds is 4. The van der Waals surface area contributed by atoms with Gasteiger partial charge in [0.25, 0.3) is 0 Å². The molecular weight excluding hydrogens is 260 g/mol. The van der Waals surface area contributed by atoms with Crippen molar-refractivity contribution in [1.29, 1.82) is 0 Å². The number of benzene rings is 2. The lowest BCUT2D eigenvalue weighted by atomic mass is 10.2. The van der Waals surface area contributed by atoms with E-state index in [1.54, 1.807) is 25.5 Å². The number of halogens is 1. The van der Waals surface area contributed by atoms with Crippen molar-refractivity contribution in [3.05, 3.63) is 58.6 Å². The third-order valence-electron chi connectivity index (χ3n) is 2.60. The number of hydrazone groups is 1. The Morgan fingerprint density at radius 1 is 1.21 bits per heavy atom. The van der Waals surface area contributed by atoms with E-state index in [1.807, 2.05) is 31.2 Å². The van der Waals surface area contributed by atoms with Crippen LogP contribution in [0.1, 0.15) is 11.1 Å². The predicted octanol–water partition coefficient (Wildman–Crippen LogP) is 4.10. The van der Waals surface area contributed by atoms with Gasteiger partial charge in [-0.3, -0.25) is 5.43 Å². The molecule has 0 saturated heterocycles. The second-order valence-electron chi connectivity index (χ2n) is 4.13. The van der Waals surface area contributed by atoms with E-state index in [1.165, 1.54) is 5.56 Å². The van der Waals surface area contributed by atoms with E-state index in [4.69, 9.17) is 16.3 Å². The number of hydrogen-bond donors (Lipinski definition) is 1. The van der Waals surface area contributed by atoms with Crippen molar-refractivity contribution >= 4 is 23.5 Å². The lowest BCUT2D eigenvalue weighted by molar-refractivity contribution is 0.415. The summed E-state index contributed by atoms with van der Waals surface area (Å²) >= 11 is 6.03. The van der Waals surface area contributed by atoms with Crippen molar-refractivity contribution in [2.24, 2.45) is 5.10 Å². The van der Waals surface area contributed by atoms with E-state index >= 15 is 0 Å². The van der Waals surface area contributed by atoms with Gasteiger partial charge in [-0.25, -0.2) is 0 Å². The predicted molar refractivity (Wildman–Crippen MR) is 80.4 cm³/mol. The van der Waals surface area contributed by atoms with Gasteiger partial charge in [0, 0.05) is 0 Å². The van der Waals surface area contributed by atoms with Gasteiger partial charge >= 0.3 is 0 Å². The second kappa shape index (κ2) is 6.25. The number of anilines is 1. The maximum atomic E-state index is 6.03. The molecule has 0 aliphatic heterocycles. The van der Waals surface area contributed by atoms with E-state index in [-0.39, 0.29) is 0 Å². The lowest BCUT2D eigenvalue weighted by Gasteiger charge is -2.05. The van der Waals surface area contributed by atoms with Gasteiger partial charge < -0.3 is 4.74 Å². The molecular formula is C15H15ClN2O.